The number of imide groups is 2. The molecule has 0 bridgehead atoms. The highest BCUT2D eigenvalue weighted by molar-refractivity contribution is 14.1. The second-order valence-corrected chi connectivity index (χ2v) is 8.87. The molecule has 0 saturated carbocycles. The molecule has 0 unspecified atom stereocenters. The maximum atomic E-state index is 12.7. The predicted octanol–water partition coefficient (Wildman–Crippen LogP) is 5.07. The van der Waals surface area contributed by atoms with E-state index in [1.54, 1.807) is 12.1 Å². The van der Waals surface area contributed by atoms with Gasteiger partial charge in [0.15, 0.2) is 11.5 Å². The van der Waals surface area contributed by atoms with Gasteiger partial charge in [0.1, 0.15) is 12.2 Å². The third-order valence-electron chi connectivity index (χ3n) is 5.39. The molecule has 178 valence electrons. The molecule has 1 heterocycles. The standard InChI is InChI=1S/C27H23IN2O5/c1-3-12-30-26(32)21(25(31)29-27(30)33)13-17-14-22(28)24(23(15-17)34-4-2)35-16-19-10-7-9-18-8-5-6-11-20(18)19/h3,5-11,13-15H,1,4,12,16H2,2H3,(H,29,31,33)/b21-13-. The van der Waals surface area contributed by atoms with E-state index >= 15 is 0 Å². The van der Waals surface area contributed by atoms with E-state index in [9.17, 15) is 14.4 Å². The average molecular weight is 582 g/mol. The Hall–Kier alpha value is -3.66. The SMILES string of the molecule is C=CCN1C(=O)NC(=O)/C(=C/c2cc(I)c(OCc3cccc4ccccc34)c(OCC)c2)C1=O. The highest BCUT2D eigenvalue weighted by atomic mass is 127. The van der Waals surface area contributed by atoms with Crippen molar-refractivity contribution in [1.29, 1.82) is 0 Å². The van der Waals surface area contributed by atoms with Crippen molar-refractivity contribution in [3.05, 3.63) is 87.5 Å². The van der Waals surface area contributed by atoms with Crippen LogP contribution in [0.5, 0.6) is 11.5 Å². The lowest BCUT2D eigenvalue weighted by atomic mass is 10.1. The van der Waals surface area contributed by atoms with Crippen LogP contribution in [-0.2, 0) is 16.2 Å². The second kappa shape index (κ2) is 10.7. The fourth-order valence-electron chi connectivity index (χ4n) is 3.80. The lowest BCUT2D eigenvalue weighted by Crippen LogP contribution is -2.54. The number of barbiturate groups is 1. The molecule has 0 aromatic heterocycles. The van der Waals surface area contributed by atoms with Gasteiger partial charge in [0.25, 0.3) is 11.8 Å². The molecule has 4 rings (SSSR count). The van der Waals surface area contributed by atoms with Gasteiger partial charge >= 0.3 is 6.03 Å². The molecule has 7 nitrogen and oxygen atoms in total. The summed E-state index contributed by atoms with van der Waals surface area (Å²) in [7, 11) is 0. The third-order valence-corrected chi connectivity index (χ3v) is 6.19. The van der Waals surface area contributed by atoms with Crippen molar-refractivity contribution in [2.45, 2.75) is 13.5 Å². The Balaban J connectivity index is 1.65. The van der Waals surface area contributed by atoms with Crippen molar-refractivity contribution in [2.24, 2.45) is 0 Å². The van der Waals surface area contributed by atoms with Gasteiger partial charge in [0, 0.05) is 6.54 Å². The molecule has 0 atom stereocenters. The third kappa shape index (κ3) is 5.22. The van der Waals surface area contributed by atoms with Crippen LogP contribution in [0.25, 0.3) is 16.8 Å². The van der Waals surface area contributed by atoms with Crippen molar-refractivity contribution >= 4 is 57.3 Å². The number of nitrogens with zero attached hydrogens (tertiary/aromatic N) is 1. The van der Waals surface area contributed by atoms with Gasteiger partial charge in [-0.05, 0) is 69.6 Å². The number of carbonyl (C=O) groups is 3. The van der Waals surface area contributed by atoms with Crippen LogP contribution < -0.4 is 14.8 Å². The highest BCUT2D eigenvalue weighted by Gasteiger charge is 2.35. The van der Waals surface area contributed by atoms with E-state index in [1.807, 2.05) is 31.2 Å². The average Bonchev–Trinajstić information content (AvgIpc) is 2.84. The molecule has 4 amide bonds. The summed E-state index contributed by atoms with van der Waals surface area (Å²) in [6.45, 7) is 6.16. The number of amides is 4. The van der Waals surface area contributed by atoms with Gasteiger partial charge in [0.05, 0.1) is 10.2 Å². The molecule has 3 aromatic rings. The molecule has 8 heteroatoms. The van der Waals surface area contributed by atoms with Gasteiger partial charge in [-0.25, -0.2) is 4.79 Å². The van der Waals surface area contributed by atoms with Gasteiger partial charge < -0.3 is 9.47 Å². The molecule has 1 fully saturated rings. The summed E-state index contributed by atoms with van der Waals surface area (Å²) < 4.78 is 12.8. The zero-order valence-electron chi connectivity index (χ0n) is 19.0. The lowest BCUT2D eigenvalue weighted by molar-refractivity contribution is -0.129. The summed E-state index contributed by atoms with van der Waals surface area (Å²) in [4.78, 5) is 38.0. The van der Waals surface area contributed by atoms with Gasteiger partial charge in [-0.1, -0.05) is 48.5 Å². The Labute approximate surface area is 216 Å². The molecule has 0 radical (unpaired) electrons. The van der Waals surface area contributed by atoms with Crippen LogP contribution in [0.1, 0.15) is 18.1 Å². The number of hydrogen-bond acceptors (Lipinski definition) is 5. The normalized spacial score (nSPS) is 14.9. The van der Waals surface area contributed by atoms with Crippen LogP contribution in [0.4, 0.5) is 4.79 Å². The Morgan fingerprint density at radius 3 is 2.60 bits per heavy atom. The molecular formula is C27H23IN2O5. The number of halogens is 1. The summed E-state index contributed by atoms with van der Waals surface area (Å²) in [6, 6.07) is 16.9. The number of carbonyl (C=O) groups excluding carboxylic acids is 3. The minimum Gasteiger partial charge on any atom is -0.490 e. The molecule has 35 heavy (non-hydrogen) atoms. The zero-order chi connectivity index (χ0) is 24.9. The zero-order valence-corrected chi connectivity index (χ0v) is 21.2. The van der Waals surface area contributed by atoms with E-state index in [4.69, 9.17) is 9.47 Å². The van der Waals surface area contributed by atoms with Gasteiger partial charge in [-0.3, -0.25) is 19.8 Å². The summed E-state index contributed by atoms with van der Waals surface area (Å²) in [5.74, 6) is -0.355. The first-order valence-corrected chi connectivity index (χ1v) is 12.1. The van der Waals surface area contributed by atoms with E-state index < -0.39 is 17.8 Å². The van der Waals surface area contributed by atoms with Crippen LogP contribution in [0, 0.1) is 3.57 Å². The summed E-state index contributed by atoms with van der Waals surface area (Å²) >= 11 is 2.14. The Bertz CT molecular complexity index is 1360. The van der Waals surface area contributed by atoms with Gasteiger partial charge in [-0.15, -0.1) is 6.58 Å². The van der Waals surface area contributed by atoms with E-state index in [2.05, 4.69) is 52.7 Å². The number of nitrogens with one attached hydrogen (secondary N) is 1. The predicted molar refractivity (Wildman–Crippen MR) is 142 cm³/mol. The number of rotatable bonds is 8. The van der Waals surface area contributed by atoms with E-state index in [-0.39, 0.29) is 12.1 Å². The molecule has 1 aliphatic heterocycles. The van der Waals surface area contributed by atoms with Crippen molar-refractivity contribution in [2.75, 3.05) is 13.2 Å². The number of benzene rings is 3. The largest absolute Gasteiger partial charge is 0.490 e. The Morgan fingerprint density at radius 2 is 1.83 bits per heavy atom. The smallest absolute Gasteiger partial charge is 0.331 e. The molecule has 0 aliphatic carbocycles. The van der Waals surface area contributed by atoms with Crippen molar-refractivity contribution in [3.63, 3.8) is 0 Å². The molecular weight excluding hydrogens is 559 g/mol. The Kier molecular flexibility index (Phi) is 7.50. The summed E-state index contributed by atoms with van der Waals surface area (Å²) in [6.07, 6.45) is 2.86. The van der Waals surface area contributed by atoms with Crippen LogP contribution >= 0.6 is 22.6 Å². The van der Waals surface area contributed by atoms with Gasteiger partial charge in [-0.2, -0.15) is 0 Å². The number of ether oxygens (including phenoxy) is 2. The maximum absolute atomic E-state index is 12.7. The molecule has 1 N–H and O–H groups in total. The summed E-state index contributed by atoms with van der Waals surface area (Å²) in [5, 5.41) is 4.44. The number of fused-ring (bicyclic) bond motifs is 1. The van der Waals surface area contributed by atoms with Crippen LogP contribution in [0.2, 0.25) is 0 Å². The van der Waals surface area contributed by atoms with E-state index in [1.165, 1.54) is 12.2 Å². The molecule has 0 spiro atoms. The van der Waals surface area contributed by atoms with Crippen molar-refractivity contribution in [3.8, 4) is 11.5 Å². The minimum absolute atomic E-state index is 0.00202. The van der Waals surface area contributed by atoms with Crippen LogP contribution in [0.15, 0.2) is 72.8 Å². The van der Waals surface area contributed by atoms with Crippen molar-refractivity contribution < 1.29 is 23.9 Å². The van der Waals surface area contributed by atoms with Crippen molar-refractivity contribution in [1.82, 2.24) is 10.2 Å². The van der Waals surface area contributed by atoms with Crippen LogP contribution in [0.3, 0.4) is 0 Å². The first-order valence-electron chi connectivity index (χ1n) is 11.0. The van der Waals surface area contributed by atoms with E-state index in [0.29, 0.717) is 30.3 Å². The monoisotopic (exact) mass is 582 g/mol. The number of urea groups is 1. The fourth-order valence-corrected chi connectivity index (χ4v) is 4.58. The quantitative estimate of drug-likeness (QED) is 0.174. The van der Waals surface area contributed by atoms with E-state index in [0.717, 1.165) is 24.8 Å². The van der Waals surface area contributed by atoms with Gasteiger partial charge in [0.2, 0.25) is 0 Å². The highest BCUT2D eigenvalue weighted by Crippen LogP contribution is 2.36. The minimum atomic E-state index is -0.765. The maximum Gasteiger partial charge on any atom is 0.331 e. The molecule has 1 saturated heterocycles. The second-order valence-electron chi connectivity index (χ2n) is 7.71. The first kappa shape index (κ1) is 24.5. The lowest BCUT2D eigenvalue weighted by Gasteiger charge is -2.25. The fraction of sp³-hybridized carbons (Fsp3) is 0.148. The first-order chi connectivity index (χ1) is 16.9. The summed E-state index contributed by atoms with van der Waals surface area (Å²) in [5.41, 5.74) is 1.47. The Morgan fingerprint density at radius 1 is 1.06 bits per heavy atom. The molecule has 3 aromatic carbocycles. The molecule has 1 aliphatic rings. The number of hydrogen-bond donors (Lipinski definition) is 1. The topological polar surface area (TPSA) is 84.9 Å². The van der Waals surface area contributed by atoms with Crippen LogP contribution in [-0.4, -0.2) is 35.9 Å².